The Morgan fingerprint density at radius 1 is 1.09 bits per heavy atom. The van der Waals surface area contributed by atoms with Gasteiger partial charge in [0.2, 0.25) is 5.91 Å². The molecule has 1 N–H and O–H groups in total. The second-order valence-corrected chi connectivity index (χ2v) is 8.68. The van der Waals surface area contributed by atoms with Gasteiger partial charge in [-0.05, 0) is 59.9 Å². The maximum atomic E-state index is 12.5. The molecule has 0 unspecified atom stereocenters. The highest BCUT2D eigenvalue weighted by atomic mass is 16.5. The van der Waals surface area contributed by atoms with Crippen molar-refractivity contribution in [2.45, 2.75) is 26.2 Å². The fraction of sp³-hybridized carbons (Fsp3) is 0.241. The summed E-state index contributed by atoms with van der Waals surface area (Å²) in [5.74, 6) is 1.52. The van der Waals surface area contributed by atoms with Gasteiger partial charge < -0.3 is 19.7 Å². The third-order valence-corrected chi connectivity index (χ3v) is 5.74. The van der Waals surface area contributed by atoms with Crippen LogP contribution < -0.4 is 19.7 Å². The van der Waals surface area contributed by atoms with E-state index in [1.165, 1.54) is 11.6 Å². The van der Waals surface area contributed by atoms with Crippen molar-refractivity contribution in [3.05, 3.63) is 90.0 Å². The van der Waals surface area contributed by atoms with Crippen molar-refractivity contribution in [1.29, 1.82) is 0 Å². The Kier molecular flexibility index (Phi) is 7.83. The summed E-state index contributed by atoms with van der Waals surface area (Å²) in [6, 6.07) is 23.0. The van der Waals surface area contributed by atoms with Crippen LogP contribution in [0, 0.1) is 0 Å². The van der Waals surface area contributed by atoms with Crippen molar-refractivity contribution >= 4 is 29.3 Å². The number of carbonyl (C=O) groups excluding carboxylic acids is 2. The first-order valence-corrected chi connectivity index (χ1v) is 11.8. The summed E-state index contributed by atoms with van der Waals surface area (Å²) in [7, 11) is 0. The predicted octanol–water partition coefficient (Wildman–Crippen LogP) is 5.66. The van der Waals surface area contributed by atoms with E-state index in [2.05, 4.69) is 31.3 Å². The first kappa shape index (κ1) is 24.1. The molecule has 0 saturated heterocycles. The number of anilines is 2. The molecule has 0 aliphatic carbocycles. The van der Waals surface area contributed by atoms with Crippen molar-refractivity contribution in [2.75, 3.05) is 30.0 Å². The monoisotopic (exact) mass is 470 g/mol. The van der Waals surface area contributed by atoms with E-state index in [-0.39, 0.29) is 18.4 Å². The van der Waals surface area contributed by atoms with E-state index in [9.17, 15) is 9.59 Å². The Hall–Kier alpha value is -4.06. The molecule has 0 atom stereocenters. The van der Waals surface area contributed by atoms with Gasteiger partial charge in [-0.15, -0.1) is 0 Å². The summed E-state index contributed by atoms with van der Waals surface area (Å²) in [5.41, 5.74) is 3.45. The molecule has 6 nitrogen and oxygen atoms in total. The Bertz CT molecular complexity index is 1190. The third-order valence-electron chi connectivity index (χ3n) is 5.74. The Labute approximate surface area is 206 Å². The van der Waals surface area contributed by atoms with Crippen LogP contribution in [0.1, 0.15) is 37.3 Å². The number of para-hydroxylation sites is 1. The lowest BCUT2D eigenvalue weighted by molar-refractivity contribution is -0.121. The molecular weight excluding hydrogens is 440 g/mol. The van der Waals surface area contributed by atoms with Crippen LogP contribution in [0.4, 0.5) is 11.4 Å². The fourth-order valence-electron chi connectivity index (χ4n) is 3.80. The zero-order chi connectivity index (χ0) is 24.6. The smallest absolute Gasteiger partial charge is 0.265 e. The van der Waals surface area contributed by atoms with E-state index in [0.717, 1.165) is 11.3 Å². The van der Waals surface area contributed by atoms with Gasteiger partial charge in [-0.2, -0.15) is 0 Å². The maximum Gasteiger partial charge on any atom is 0.265 e. The number of carbonyl (C=O) groups is 2. The quantitative estimate of drug-likeness (QED) is 0.324. The van der Waals surface area contributed by atoms with Crippen LogP contribution in [0.2, 0.25) is 0 Å². The van der Waals surface area contributed by atoms with Crippen molar-refractivity contribution in [2.24, 2.45) is 0 Å². The molecule has 0 bridgehead atoms. The first-order valence-electron chi connectivity index (χ1n) is 11.8. The van der Waals surface area contributed by atoms with Crippen LogP contribution in [0.5, 0.6) is 11.5 Å². The van der Waals surface area contributed by atoms with Crippen molar-refractivity contribution in [3.8, 4) is 11.5 Å². The molecule has 2 amide bonds. The van der Waals surface area contributed by atoms with Crippen LogP contribution in [0.25, 0.3) is 6.08 Å². The number of hydrogen-bond acceptors (Lipinski definition) is 4. The number of hydrogen-bond donors (Lipinski definition) is 1. The fourth-order valence-corrected chi connectivity index (χ4v) is 3.80. The zero-order valence-corrected chi connectivity index (χ0v) is 20.1. The largest absolute Gasteiger partial charge is 0.494 e. The molecule has 3 aromatic rings. The summed E-state index contributed by atoms with van der Waals surface area (Å²) in [4.78, 5) is 26.7. The van der Waals surface area contributed by atoms with Gasteiger partial charge in [0.05, 0.1) is 12.3 Å². The third kappa shape index (κ3) is 6.51. The maximum absolute atomic E-state index is 12.5. The number of ether oxygens (including phenoxy) is 2. The van der Waals surface area contributed by atoms with Gasteiger partial charge in [0.25, 0.3) is 5.91 Å². The SMILES string of the molecule is CC(C)c1ccc(/C=C/C(=O)Nc2ccc3c(c2)N(CCCOc2ccccc2)C(=O)CO3)cc1. The van der Waals surface area contributed by atoms with E-state index in [1.807, 2.05) is 42.5 Å². The zero-order valence-electron chi connectivity index (χ0n) is 20.1. The topological polar surface area (TPSA) is 67.9 Å². The molecule has 1 aliphatic rings. The minimum Gasteiger partial charge on any atom is -0.494 e. The Balaban J connectivity index is 1.37. The van der Waals surface area contributed by atoms with Gasteiger partial charge in [0.1, 0.15) is 11.5 Å². The molecule has 180 valence electrons. The minimum atomic E-state index is -0.247. The number of nitrogens with one attached hydrogen (secondary N) is 1. The molecule has 0 aromatic heterocycles. The van der Waals surface area contributed by atoms with Crippen molar-refractivity contribution in [1.82, 2.24) is 0 Å². The van der Waals surface area contributed by atoms with E-state index in [0.29, 0.717) is 42.6 Å². The standard InChI is InChI=1S/C29H30N2O4/c1-21(2)23-12-9-22(10-13-23)11-16-28(32)30-24-14-15-27-26(19-24)31(29(33)20-35-27)17-6-18-34-25-7-4-3-5-8-25/h3-5,7-16,19,21H,6,17-18,20H2,1-2H3,(H,30,32)/b16-11+. The average molecular weight is 471 g/mol. The van der Waals surface area contributed by atoms with Gasteiger partial charge in [0, 0.05) is 18.3 Å². The van der Waals surface area contributed by atoms with Crippen LogP contribution in [0.15, 0.2) is 78.9 Å². The van der Waals surface area contributed by atoms with E-state index in [1.54, 1.807) is 29.2 Å². The molecule has 35 heavy (non-hydrogen) atoms. The lowest BCUT2D eigenvalue weighted by atomic mass is 10.0. The normalized spacial score (nSPS) is 13.0. The molecular formula is C29H30N2O4. The highest BCUT2D eigenvalue weighted by Crippen LogP contribution is 2.34. The van der Waals surface area contributed by atoms with Crippen LogP contribution in [0.3, 0.4) is 0 Å². The molecule has 4 rings (SSSR count). The second kappa shape index (κ2) is 11.4. The number of nitrogens with zero attached hydrogens (tertiary/aromatic N) is 1. The van der Waals surface area contributed by atoms with Gasteiger partial charge >= 0.3 is 0 Å². The van der Waals surface area contributed by atoms with Gasteiger partial charge in [-0.1, -0.05) is 56.3 Å². The predicted molar refractivity (Wildman–Crippen MR) is 139 cm³/mol. The average Bonchev–Trinajstić information content (AvgIpc) is 2.87. The molecule has 0 radical (unpaired) electrons. The molecule has 6 heteroatoms. The highest BCUT2D eigenvalue weighted by molar-refractivity contribution is 6.03. The number of fused-ring (bicyclic) bond motifs is 1. The van der Waals surface area contributed by atoms with Gasteiger partial charge in [-0.3, -0.25) is 9.59 Å². The number of amides is 2. The molecule has 1 heterocycles. The van der Waals surface area contributed by atoms with E-state index in [4.69, 9.17) is 9.47 Å². The number of rotatable bonds is 9. The lowest BCUT2D eigenvalue weighted by Crippen LogP contribution is -2.39. The second-order valence-electron chi connectivity index (χ2n) is 8.68. The molecule has 0 fully saturated rings. The molecule has 3 aromatic carbocycles. The van der Waals surface area contributed by atoms with Crippen LogP contribution in [-0.4, -0.2) is 31.6 Å². The van der Waals surface area contributed by atoms with Gasteiger partial charge in [-0.25, -0.2) is 0 Å². The van der Waals surface area contributed by atoms with Gasteiger partial charge in [0.15, 0.2) is 6.61 Å². The molecule has 1 aliphatic heterocycles. The Morgan fingerprint density at radius 3 is 2.60 bits per heavy atom. The summed E-state index contributed by atoms with van der Waals surface area (Å²) in [6.45, 7) is 5.27. The summed E-state index contributed by atoms with van der Waals surface area (Å²) in [5, 5.41) is 2.87. The van der Waals surface area contributed by atoms with E-state index < -0.39 is 0 Å². The van der Waals surface area contributed by atoms with E-state index >= 15 is 0 Å². The minimum absolute atomic E-state index is 0.00339. The molecule has 0 saturated carbocycles. The Morgan fingerprint density at radius 2 is 1.86 bits per heavy atom. The number of benzene rings is 3. The summed E-state index contributed by atoms with van der Waals surface area (Å²) < 4.78 is 11.3. The molecule has 0 spiro atoms. The summed E-state index contributed by atoms with van der Waals surface area (Å²) >= 11 is 0. The van der Waals surface area contributed by atoms with Crippen molar-refractivity contribution in [3.63, 3.8) is 0 Å². The lowest BCUT2D eigenvalue weighted by Gasteiger charge is -2.29. The highest BCUT2D eigenvalue weighted by Gasteiger charge is 2.25. The van der Waals surface area contributed by atoms with Crippen LogP contribution in [-0.2, 0) is 9.59 Å². The summed E-state index contributed by atoms with van der Waals surface area (Å²) in [6.07, 6.45) is 3.95. The van der Waals surface area contributed by atoms with Crippen LogP contribution >= 0.6 is 0 Å². The first-order chi connectivity index (χ1) is 17.0. The van der Waals surface area contributed by atoms with Crippen molar-refractivity contribution < 1.29 is 19.1 Å².